The van der Waals surface area contributed by atoms with E-state index in [9.17, 15) is 0 Å². The molecule has 0 radical (unpaired) electrons. The van der Waals surface area contributed by atoms with E-state index in [4.69, 9.17) is 0 Å². The van der Waals surface area contributed by atoms with E-state index in [2.05, 4.69) is 34.6 Å². The van der Waals surface area contributed by atoms with E-state index in [1.54, 1.807) is 0 Å². The molecule has 0 bridgehead atoms. The number of hydrogen-bond donors (Lipinski definition) is 0. The Balaban J connectivity index is 1.85. The van der Waals surface area contributed by atoms with Crippen molar-refractivity contribution >= 4 is 0 Å². The van der Waals surface area contributed by atoms with Crippen molar-refractivity contribution in [2.24, 2.45) is 35.0 Å². The molecule has 2 fully saturated rings. The Morgan fingerprint density at radius 2 is 1.88 bits per heavy atom. The lowest BCUT2D eigenvalue weighted by Gasteiger charge is -2.30. The van der Waals surface area contributed by atoms with Crippen LogP contribution in [0, 0.1) is 35.0 Å². The van der Waals surface area contributed by atoms with Gasteiger partial charge in [0.2, 0.25) is 0 Å². The Kier molecular flexibility index (Phi) is 3.39. The molecule has 0 heterocycles. The first-order chi connectivity index (χ1) is 7.41. The molecule has 0 aromatic carbocycles. The zero-order valence-electron chi connectivity index (χ0n) is 11.9. The smallest absolute Gasteiger partial charge is 0.0320 e. The molecule has 0 aliphatic heterocycles. The van der Waals surface area contributed by atoms with E-state index < -0.39 is 0 Å². The molecule has 94 valence electrons. The molecule has 0 aromatic heterocycles. The minimum Gasteiger partial charge on any atom is -0.0625 e. The molecule has 0 spiro atoms. The third kappa shape index (κ3) is 2.63. The van der Waals surface area contributed by atoms with Gasteiger partial charge in [-0.3, -0.25) is 0 Å². The van der Waals surface area contributed by atoms with Crippen LogP contribution in [0.5, 0.6) is 0 Å². The van der Waals surface area contributed by atoms with Crippen molar-refractivity contribution in [3.63, 3.8) is 0 Å². The van der Waals surface area contributed by atoms with Gasteiger partial charge in [-0.15, -0.1) is 0 Å². The third-order valence-corrected chi connectivity index (χ3v) is 5.60. The van der Waals surface area contributed by atoms with E-state index in [-0.39, 0.29) is 0 Å². The van der Waals surface area contributed by atoms with Gasteiger partial charge in [-0.2, -0.15) is 0 Å². The molecule has 2 saturated carbocycles. The summed E-state index contributed by atoms with van der Waals surface area (Å²) in [5.74, 6) is 5.00. The van der Waals surface area contributed by atoms with Gasteiger partial charge >= 0.3 is 0 Å². The van der Waals surface area contributed by atoms with Crippen molar-refractivity contribution in [1.82, 2.24) is 0 Å². The van der Waals surface area contributed by atoms with Crippen LogP contribution in [0.4, 0.5) is 0 Å². The molecule has 0 nitrogen and oxygen atoms in total. The summed E-state index contributed by atoms with van der Waals surface area (Å²) in [4.78, 5) is 0. The third-order valence-electron chi connectivity index (χ3n) is 5.60. The normalized spacial score (nSPS) is 45.0. The standard InChI is InChI=1S/C16H30/c1-11(2)13(4)9-16(5)7-6-14(10-16)15-8-12(15)3/h11-15H,6-10H2,1-5H3. The van der Waals surface area contributed by atoms with E-state index in [0.29, 0.717) is 5.41 Å². The second-order valence-electron chi connectivity index (χ2n) is 7.62. The van der Waals surface area contributed by atoms with Crippen LogP contribution >= 0.6 is 0 Å². The minimum absolute atomic E-state index is 0.677. The zero-order valence-corrected chi connectivity index (χ0v) is 11.9. The first-order valence-corrected chi connectivity index (χ1v) is 7.41. The Labute approximate surface area is 102 Å². The summed E-state index contributed by atoms with van der Waals surface area (Å²) in [6.45, 7) is 12.2. The monoisotopic (exact) mass is 222 g/mol. The van der Waals surface area contributed by atoms with Crippen molar-refractivity contribution in [2.75, 3.05) is 0 Å². The van der Waals surface area contributed by atoms with Gasteiger partial charge < -0.3 is 0 Å². The van der Waals surface area contributed by atoms with E-state index >= 15 is 0 Å². The number of rotatable bonds is 4. The Morgan fingerprint density at radius 1 is 1.25 bits per heavy atom. The molecular weight excluding hydrogens is 192 g/mol. The van der Waals surface area contributed by atoms with Gasteiger partial charge in [0.25, 0.3) is 0 Å². The zero-order chi connectivity index (χ0) is 11.9. The fourth-order valence-electron chi connectivity index (χ4n) is 3.94. The SMILES string of the molecule is CC(C)C(C)CC1(C)CCC(C2CC2C)C1. The van der Waals surface area contributed by atoms with E-state index in [1.165, 1.54) is 32.1 Å². The molecule has 2 rings (SSSR count). The quantitative estimate of drug-likeness (QED) is 0.618. The first kappa shape index (κ1) is 12.5. The van der Waals surface area contributed by atoms with Gasteiger partial charge in [0.05, 0.1) is 0 Å². The highest BCUT2D eigenvalue weighted by atomic mass is 14.5. The summed E-state index contributed by atoms with van der Waals surface area (Å²) < 4.78 is 0. The van der Waals surface area contributed by atoms with Crippen LogP contribution in [0.3, 0.4) is 0 Å². The molecule has 0 amide bonds. The fraction of sp³-hybridized carbons (Fsp3) is 1.00. The minimum atomic E-state index is 0.677. The Morgan fingerprint density at radius 3 is 2.38 bits per heavy atom. The highest BCUT2D eigenvalue weighted by Crippen LogP contribution is 2.56. The fourth-order valence-corrected chi connectivity index (χ4v) is 3.94. The summed E-state index contributed by atoms with van der Waals surface area (Å²) in [5.41, 5.74) is 0.677. The van der Waals surface area contributed by atoms with Gasteiger partial charge in [0.1, 0.15) is 0 Å². The summed E-state index contributed by atoms with van der Waals surface area (Å²) in [5, 5.41) is 0. The van der Waals surface area contributed by atoms with Gasteiger partial charge in [-0.25, -0.2) is 0 Å². The topological polar surface area (TPSA) is 0 Å². The average molecular weight is 222 g/mol. The molecule has 0 N–H and O–H groups in total. The van der Waals surface area contributed by atoms with Crippen LogP contribution < -0.4 is 0 Å². The summed E-state index contributed by atoms with van der Waals surface area (Å²) >= 11 is 0. The molecular formula is C16H30. The molecule has 5 unspecified atom stereocenters. The maximum Gasteiger partial charge on any atom is -0.0320 e. The van der Waals surface area contributed by atoms with Crippen molar-refractivity contribution in [3.05, 3.63) is 0 Å². The van der Waals surface area contributed by atoms with Crippen molar-refractivity contribution < 1.29 is 0 Å². The lowest BCUT2D eigenvalue weighted by Crippen LogP contribution is -2.19. The lowest BCUT2D eigenvalue weighted by atomic mass is 9.76. The van der Waals surface area contributed by atoms with Crippen LogP contribution in [-0.4, -0.2) is 0 Å². The van der Waals surface area contributed by atoms with Crippen LogP contribution in [0.2, 0.25) is 0 Å². The van der Waals surface area contributed by atoms with Gasteiger partial charge in [0.15, 0.2) is 0 Å². The lowest BCUT2D eigenvalue weighted by molar-refractivity contribution is 0.211. The van der Waals surface area contributed by atoms with Crippen LogP contribution in [-0.2, 0) is 0 Å². The van der Waals surface area contributed by atoms with Crippen LogP contribution in [0.1, 0.15) is 66.7 Å². The Hall–Kier alpha value is 0. The predicted molar refractivity (Wildman–Crippen MR) is 71.3 cm³/mol. The second kappa shape index (κ2) is 4.35. The molecule has 2 aliphatic rings. The van der Waals surface area contributed by atoms with Crippen molar-refractivity contribution in [1.29, 1.82) is 0 Å². The molecule has 0 saturated heterocycles. The Bertz CT molecular complexity index is 242. The largest absolute Gasteiger partial charge is 0.0625 e. The van der Waals surface area contributed by atoms with E-state index in [0.717, 1.165) is 29.6 Å². The molecule has 5 atom stereocenters. The van der Waals surface area contributed by atoms with Crippen molar-refractivity contribution in [2.45, 2.75) is 66.7 Å². The predicted octanol–water partition coefficient (Wildman–Crippen LogP) is 5.13. The molecule has 2 aliphatic carbocycles. The summed E-state index contributed by atoms with van der Waals surface area (Å²) in [7, 11) is 0. The molecule has 16 heavy (non-hydrogen) atoms. The summed E-state index contributed by atoms with van der Waals surface area (Å²) in [6, 6.07) is 0. The highest BCUT2D eigenvalue weighted by molar-refractivity contribution is 4.96. The maximum absolute atomic E-state index is 2.55. The maximum atomic E-state index is 2.55. The van der Waals surface area contributed by atoms with E-state index in [1.807, 2.05) is 0 Å². The molecule has 0 heteroatoms. The van der Waals surface area contributed by atoms with Crippen LogP contribution in [0.15, 0.2) is 0 Å². The van der Waals surface area contributed by atoms with Gasteiger partial charge in [-0.05, 0) is 67.1 Å². The highest BCUT2D eigenvalue weighted by Gasteiger charge is 2.46. The van der Waals surface area contributed by atoms with Crippen LogP contribution in [0.25, 0.3) is 0 Å². The van der Waals surface area contributed by atoms with Crippen molar-refractivity contribution in [3.8, 4) is 0 Å². The summed E-state index contributed by atoms with van der Waals surface area (Å²) in [6.07, 6.45) is 7.54. The second-order valence-corrected chi connectivity index (χ2v) is 7.62. The number of hydrogen-bond acceptors (Lipinski definition) is 0. The average Bonchev–Trinajstić information content (AvgIpc) is 2.78. The first-order valence-electron chi connectivity index (χ1n) is 7.41. The molecule has 0 aromatic rings. The van der Waals surface area contributed by atoms with Gasteiger partial charge in [-0.1, -0.05) is 34.6 Å². The van der Waals surface area contributed by atoms with Gasteiger partial charge in [0, 0.05) is 0 Å².